The molecule has 0 heterocycles. The highest BCUT2D eigenvalue weighted by molar-refractivity contribution is 4.70. The maximum Gasteiger partial charge on any atom is -0.0388 e. The van der Waals surface area contributed by atoms with Gasteiger partial charge in [0.1, 0.15) is 0 Å². The van der Waals surface area contributed by atoms with E-state index in [1.54, 1.807) is 0 Å². The van der Waals surface area contributed by atoms with Crippen LogP contribution in [0.3, 0.4) is 0 Å². The molecule has 0 aromatic heterocycles. The van der Waals surface area contributed by atoms with Gasteiger partial charge in [-0.05, 0) is 24.2 Å². The average molecular weight is 210 g/mol. The highest BCUT2D eigenvalue weighted by Gasteiger charge is 2.18. The van der Waals surface area contributed by atoms with Gasteiger partial charge in [0.15, 0.2) is 0 Å². The van der Waals surface area contributed by atoms with Crippen LogP contribution >= 0.6 is 0 Å². The maximum atomic E-state index is 2.49. The van der Waals surface area contributed by atoms with Crippen molar-refractivity contribution in [3.8, 4) is 0 Å². The van der Waals surface area contributed by atoms with Gasteiger partial charge in [-0.1, -0.05) is 72.1 Å². The zero-order valence-corrected chi connectivity index (χ0v) is 11.1. The van der Waals surface area contributed by atoms with Crippen molar-refractivity contribution < 1.29 is 0 Å². The van der Waals surface area contributed by atoms with E-state index >= 15 is 0 Å². The van der Waals surface area contributed by atoms with Gasteiger partial charge in [0, 0.05) is 0 Å². The van der Waals surface area contributed by atoms with E-state index in [-0.39, 0.29) is 0 Å². The van der Waals surface area contributed by atoms with Crippen molar-refractivity contribution in [2.45, 2.75) is 78.6 Å². The van der Waals surface area contributed by atoms with E-state index in [1.165, 1.54) is 57.8 Å². The molecule has 1 aliphatic rings. The van der Waals surface area contributed by atoms with Crippen molar-refractivity contribution >= 4 is 0 Å². The molecule has 0 aromatic carbocycles. The third-order valence-electron chi connectivity index (χ3n) is 4.05. The Bertz CT molecular complexity index is 138. The zero-order valence-electron chi connectivity index (χ0n) is 11.1. The lowest BCUT2D eigenvalue weighted by Crippen LogP contribution is -2.14. The van der Waals surface area contributed by atoms with Crippen molar-refractivity contribution in [1.29, 1.82) is 0 Å². The van der Waals surface area contributed by atoms with Gasteiger partial charge in [-0.2, -0.15) is 0 Å². The molecule has 0 nitrogen and oxygen atoms in total. The summed E-state index contributed by atoms with van der Waals surface area (Å²) in [7, 11) is 0. The summed E-state index contributed by atoms with van der Waals surface area (Å²) in [6.07, 6.45) is 13.4. The molecule has 0 spiro atoms. The summed E-state index contributed by atoms with van der Waals surface area (Å²) >= 11 is 0. The summed E-state index contributed by atoms with van der Waals surface area (Å²) in [6, 6.07) is 0. The predicted octanol–water partition coefficient (Wildman–Crippen LogP) is 5.42. The van der Waals surface area contributed by atoms with Crippen molar-refractivity contribution in [3.05, 3.63) is 0 Å². The van der Waals surface area contributed by atoms with Crippen LogP contribution in [-0.4, -0.2) is 0 Å². The van der Waals surface area contributed by atoms with Crippen LogP contribution in [0, 0.1) is 17.8 Å². The minimum Gasteiger partial charge on any atom is -0.0628 e. The first-order valence-corrected chi connectivity index (χ1v) is 7.20. The summed E-state index contributed by atoms with van der Waals surface area (Å²) in [5.41, 5.74) is 0. The molecule has 15 heavy (non-hydrogen) atoms. The first-order chi connectivity index (χ1) is 7.20. The standard InChI is InChI=1S/C15H30/c1-13(2)12-14(3)15-10-8-6-4-5-7-9-11-15/h13-15H,4-12H2,1-3H3. The minimum absolute atomic E-state index is 0.882. The molecule has 0 radical (unpaired) electrons. The van der Waals surface area contributed by atoms with Crippen LogP contribution in [0.4, 0.5) is 0 Å². The molecule has 0 N–H and O–H groups in total. The summed E-state index contributed by atoms with van der Waals surface area (Å²) in [6.45, 7) is 7.22. The fraction of sp³-hybridized carbons (Fsp3) is 1.00. The van der Waals surface area contributed by atoms with Crippen LogP contribution in [0.15, 0.2) is 0 Å². The molecule has 0 saturated heterocycles. The summed E-state index contributed by atoms with van der Waals surface area (Å²) in [5, 5.41) is 0. The highest BCUT2D eigenvalue weighted by Crippen LogP contribution is 2.30. The van der Waals surface area contributed by atoms with Gasteiger partial charge in [0.25, 0.3) is 0 Å². The van der Waals surface area contributed by atoms with Gasteiger partial charge in [-0.25, -0.2) is 0 Å². The number of hydrogen-bond donors (Lipinski definition) is 0. The van der Waals surface area contributed by atoms with E-state index in [0.717, 1.165) is 17.8 Å². The largest absolute Gasteiger partial charge is 0.0628 e. The second kappa shape index (κ2) is 7.30. The fourth-order valence-corrected chi connectivity index (χ4v) is 3.17. The van der Waals surface area contributed by atoms with Gasteiger partial charge in [0.2, 0.25) is 0 Å². The van der Waals surface area contributed by atoms with Crippen molar-refractivity contribution in [3.63, 3.8) is 0 Å². The summed E-state index contributed by atoms with van der Waals surface area (Å²) in [5.74, 6) is 2.88. The molecular weight excluding hydrogens is 180 g/mol. The Morgan fingerprint density at radius 1 is 0.800 bits per heavy atom. The Morgan fingerprint density at radius 3 is 1.73 bits per heavy atom. The Kier molecular flexibility index (Phi) is 6.36. The second-order valence-corrected chi connectivity index (χ2v) is 6.07. The molecular formula is C15H30. The smallest absolute Gasteiger partial charge is 0.0388 e. The van der Waals surface area contributed by atoms with Crippen LogP contribution in [-0.2, 0) is 0 Å². The second-order valence-electron chi connectivity index (χ2n) is 6.07. The Labute approximate surface area is 96.8 Å². The topological polar surface area (TPSA) is 0 Å². The van der Waals surface area contributed by atoms with Crippen LogP contribution in [0.25, 0.3) is 0 Å². The molecule has 0 bridgehead atoms. The lowest BCUT2D eigenvalue weighted by Gasteiger charge is -2.25. The van der Waals surface area contributed by atoms with Crippen molar-refractivity contribution in [2.75, 3.05) is 0 Å². The van der Waals surface area contributed by atoms with Gasteiger partial charge >= 0.3 is 0 Å². The molecule has 0 aliphatic heterocycles. The summed E-state index contributed by atoms with van der Waals surface area (Å²) in [4.78, 5) is 0. The first kappa shape index (κ1) is 13.1. The Morgan fingerprint density at radius 2 is 1.27 bits per heavy atom. The molecule has 1 aliphatic carbocycles. The normalized spacial score (nSPS) is 23.2. The predicted molar refractivity (Wildman–Crippen MR) is 69.0 cm³/mol. The van der Waals surface area contributed by atoms with Gasteiger partial charge in [-0.3, -0.25) is 0 Å². The van der Waals surface area contributed by atoms with E-state index < -0.39 is 0 Å². The fourth-order valence-electron chi connectivity index (χ4n) is 3.17. The van der Waals surface area contributed by atoms with Crippen LogP contribution < -0.4 is 0 Å². The molecule has 90 valence electrons. The van der Waals surface area contributed by atoms with Crippen molar-refractivity contribution in [1.82, 2.24) is 0 Å². The maximum absolute atomic E-state index is 2.49. The van der Waals surface area contributed by atoms with E-state index in [0.29, 0.717) is 0 Å². The quantitative estimate of drug-likeness (QED) is 0.583. The zero-order chi connectivity index (χ0) is 11.1. The van der Waals surface area contributed by atoms with Crippen LogP contribution in [0.2, 0.25) is 0 Å². The lowest BCUT2D eigenvalue weighted by molar-refractivity contribution is 0.264. The number of hydrogen-bond acceptors (Lipinski definition) is 0. The molecule has 1 saturated carbocycles. The molecule has 0 heteroatoms. The van der Waals surface area contributed by atoms with E-state index in [4.69, 9.17) is 0 Å². The van der Waals surface area contributed by atoms with E-state index in [2.05, 4.69) is 20.8 Å². The minimum atomic E-state index is 0.882. The molecule has 1 unspecified atom stereocenters. The molecule has 0 aromatic rings. The molecule has 1 rings (SSSR count). The molecule has 0 amide bonds. The summed E-state index contributed by atoms with van der Waals surface area (Å²) < 4.78 is 0. The van der Waals surface area contributed by atoms with Crippen LogP contribution in [0.1, 0.15) is 78.6 Å². The van der Waals surface area contributed by atoms with Gasteiger partial charge in [0.05, 0.1) is 0 Å². The van der Waals surface area contributed by atoms with Gasteiger partial charge < -0.3 is 0 Å². The monoisotopic (exact) mass is 210 g/mol. The third kappa shape index (κ3) is 5.58. The average Bonchev–Trinajstić information content (AvgIpc) is 2.29. The third-order valence-corrected chi connectivity index (χ3v) is 4.05. The van der Waals surface area contributed by atoms with E-state index in [9.17, 15) is 0 Å². The van der Waals surface area contributed by atoms with Crippen LogP contribution in [0.5, 0.6) is 0 Å². The first-order valence-electron chi connectivity index (χ1n) is 7.20. The Hall–Kier alpha value is 0. The van der Waals surface area contributed by atoms with Crippen molar-refractivity contribution in [2.24, 2.45) is 17.8 Å². The van der Waals surface area contributed by atoms with Gasteiger partial charge in [-0.15, -0.1) is 0 Å². The van der Waals surface area contributed by atoms with E-state index in [1.807, 2.05) is 0 Å². The Balaban J connectivity index is 2.34. The lowest BCUT2D eigenvalue weighted by atomic mass is 9.81. The number of rotatable bonds is 3. The molecule has 1 atom stereocenters. The SMILES string of the molecule is CC(C)CC(C)C1CCCCCCCC1. The molecule has 1 fully saturated rings. The highest BCUT2D eigenvalue weighted by atomic mass is 14.2.